The van der Waals surface area contributed by atoms with Crippen LogP contribution in [0.2, 0.25) is 0 Å². The van der Waals surface area contributed by atoms with Crippen LogP contribution in [-0.4, -0.2) is 54.4 Å². The molecule has 0 radical (unpaired) electrons. The van der Waals surface area contributed by atoms with Crippen LogP contribution >= 0.6 is 0 Å². The number of ether oxygens (including phenoxy) is 1. The average Bonchev–Trinajstić information content (AvgIpc) is 3.12. The smallest absolute Gasteiger partial charge is 0.323 e. The van der Waals surface area contributed by atoms with Crippen molar-refractivity contribution >= 4 is 5.97 Å². The average molecular weight is 258 g/mol. The molecule has 0 aromatic heterocycles. The molecule has 2 unspecified atom stereocenters. The van der Waals surface area contributed by atoms with E-state index in [0.717, 1.165) is 12.5 Å². The predicted molar refractivity (Wildman–Crippen MR) is 70.5 cm³/mol. The van der Waals surface area contributed by atoms with Crippen LogP contribution in [0.5, 0.6) is 0 Å². The normalized spacial score (nSPS) is 20.7. The Kier molecular flexibility index (Phi) is 5.56. The molecule has 18 heavy (non-hydrogen) atoms. The molecule has 0 aromatic rings. The number of hydrogen-bond acceptors (Lipinski definition) is 4. The maximum Gasteiger partial charge on any atom is 0.323 e. The molecule has 1 rings (SSSR count). The first-order valence-electron chi connectivity index (χ1n) is 6.63. The summed E-state index contributed by atoms with van der Waals surface area (Å²) in [5.74, 6) is -0.177. The summed E-state index contributed by atoms with van der Waals surface area (Å²) in [5, 5.41) is 9.02. The number of aliphatic carboxylic acids is 1. The number of hydrogen-bond donors (Lipinski definition) is 2. The van der Waals surface area contributed by atoms with E-state index in [4.69, 9.17) is 15.6 Å². The van der Waals surface area contributed by atoms with Crippen molar-refractivity contribution in [1.82, 2.24) is 4.90 Å². The molecular formula is C13H26N2O3. The van der Waals surface area contributed by atoms with Gasteiger partial charge in [0.1, 0.15) is 5.54 Å². The lowest BCUT2D eigenvalue weighted by atomic mass is 9.98. The Balaban J connectivity index is 2.47. The van der Waals surface area contributed by atoms with E-state index < -0.39 is 11.5 Å². The Bertz CT molecular complexity index is 277. The molecule has 3 N–H and O–H groups in total. The van der Waals surface area contributed by atoms with E-state index in [2.05, 4.69) is 11.8 Å². The number of rotatable bonds is 9. The maximum absolute atomic E-state index is 11.0. The molecule has 1 aliphatic rings. The quantitative estimate of drug-likeness (QED) is 0.643. The number of nitrogens with two attached hydrogens (primary N) is 1. The van der Waals surface area contributed by atoms with E-state index in [9.17, 15) is 4.79 Å². The molecule has 0 bridgehead atoms. The highest BCUT2D eigenvalue weighted by Crippen LogP contribution is 2.35. The highest BCUT2D eigenvalue weighted by Gasteiger charge is 2.34. The van der Waals surface area contributed by atoms with Gasteiger partial charge < -0.3 is 15.6 Å². The van der Waals surface area contributed by atoms with Crippen LogP contribution in [0, 0.1) is 5.92 Å². The van der Waals surface area contributed by atoms with Crippen molar-refractivity contribution in [3.63, 3.8) is 0 Å². The molecule has 106 valence electrons. The van der Waals surface area contributed by atoms with E-state index in [0.29, 0.717) is 25.6 Å². The van der Waals surface area contributed by atoms with Crippen molar-refractivity contribution in [2.45, 2.75) is 44.7 Å². The molecule has 0 aliphatic heterocycles. The van der Waals surface area contributed by atoms with Gasteiger partial charge in [0.05, 0.1) is 6.61 Å². The molecule has 0 heterocycles. The van der Waals surface area contributed by atoms with Crippen LogP contribution in [0.15, 0.2) is 0 Å². The molecule has 0 amide bonds. The Morgan fingerprint density at radius 2 is 2.17 bits per heavy atom. The van der Waals surface area contributed by atoms with Crippen molar-refractivity contribution < 1.29 is 14.6 Å². The van der Waals surface area contributed by atoms with E-state index in [1.165, 1.54) is 12.8 Å². The number of carboxylic acids is 1. The van der Waals surface area contributed by atoms with Gasteiger partial charge in [-0.2, -0.15) is 0 Å². The van der Waals surface area contributed by atoms with Gasteiger partial charge in [0, 0.05) is 26.2 Å². The van der Waals surface area contributed by atoms with Crippen molar-refractivity contribution in [3.05, 3.63) is 0 Å². The van der Waals surface area contributed by atoms with Crippen LogP contribution in [0.3, 0.4) is 0 Å². The lowest BCUT2D eigenvalue weighted by Gasteiger charge is -2.31. The standard InChI is InChI=1S/C13H26N2O3/c1-10(11-4-5-11)15(8-9-18-3)7-6-13(2,14)12(16)17/h10-11H,4-9,14H2,1-3H3,(H,16,17). The molecular weight excluding hydrogens is 232 g/mol. The summed E-state index contributed by atoms with van der Waals surface area (Å²) >= 11 is 0. The van der Waals surface area contributed by atoms with Crippen LogP contribution in [0.4, 0.5) is 0 Å². The largest absolute Gasteiger partial charge is 0.480 e. The van der Waals surface area contributed by atoms with Gasteiger partial charge in [0.25, 0.3) is 0 Å². The Labute approximate surface area is 109 Å². The maximum atomic E-state index is 11.0. The molecule has 1 aliphatic carbocycles. The highest BCUT2D eigenvalue weighted by atomic mass is 16.5. The zero-order chi connectivity index (χ0) is 13.8. The van der Waals surface area contributed by atoms with Gasteiger partial charge in [-0.15, -0.1) is 0 Å². The molecule has 2 atom stereocenters. The van der Waals surface area contributed by atoms with Crippen LogP contribution in [0.25, 0.3) is 0 Å². The van der Waals surface area contributed by atoms with Gasteiger partial charge in [-0.05, 0) is 39.0 Å². The van der Waals surface area contributed by atoms with Crippen molar-refractivity contribution in [2.24, 2.45) is 11.7 Å². The fraction of sp³-hybridized carbons (Fsp3) is 0.923. The van der Waals surface area contributed by atoms with E-state index in [1.807, 2.05) is 0 Å². The number of methoxy groups -OCH3 is 1. The first-order chi connectivity index (χ1) is 8.38. The zero-order valence-electron chi connectivity index (χ0n) is 11.7. The van der Waals surface area contributed by atoms with Gasteiger partial charge in [0.2, 0.25) is 0 Å². The minimum Gasteiger partial charge on any atom is -0.480 e. The monoisotopic (exact) mass is 258 g/mol. The summed E-state index contributed by atoms with van der Waals surface area (Å²) in [4.78, 5) is 13.3. The highest BCUT2D eigenvalue weighted by molar-refractivity contribution is 5.77. The topological polar surface area (TPSA) is 75.8 Å². The second-order valence-electron chi connectivity index (χ2n) is 5.58. The van der Waals surface area contributed by atoms with E-state index in [1.54, 1.807) is 14.0 Å². The molecule has 5 heteroatoms. The second kappa shape index (κ2) is 6.50. The van der Waals surface area contributed by atoms with Gasteiger partial charge >= 0.3 is 5.97 Å². The third-order valence-electron chi connectivity index (χ3n) is 3.87. The van der Waals surface area contributed by atoms with Crippen LogP contribution in [-0.2, 0) is 9.53 Å². The number of nitrogens with zero attached hydrogens (tertiary/aromatic N) is 1. The van der Waals surface area contributed by atoms with Crippen molar-refractivity contribution in [2.75, 3.05) is 26.8 Å². The number of carboxylic acid groups (broad SMARTS) is 1. The third kappa shape index (κ3) is 4.55. The minimum absolute atomic E-state index is 0.461. The Morgan fingerprint density at radius 1 is 1.56 bits per heavy atom. The lowest BCUT2D eigenvalue weighted by Crippen LogP contribution is -2.49. The third-order valence-corrected chi connectivity index (χ3v) is 3.87. The van der Waals surface area contributed by atoms with Crippen molar-refractivity contribution in [1.29, 1.82) is 0 Å². The molecule has 0 aromatic carbocycles. The molecule has 1 fully saturated rings. The fourth-order valence-electron chi connectivity index (χ4n) is 2.09. The van der Waals surface area contributed by atoms with Gasteiger partial charge in [-0.3, -0.25) is 9.69 Å². The van der Waals surface area contributed by atoms with Gasteiger partial charge in [0.15, 0.2) is 0 Å². The summed E-state index contributed by atoms with van der Waals surface area (Å²) in [7, 11) is 1.68. The summed E-state index contributed by atoms with van der Waals surface area (Å²) < 4.78 is 5.11. The Morgan fingerprint density at radius 3 is 2.61 bits per heavy atom. The first-order valence-corrected chi connectivity index (χ1v) is 6.63. The van der Waals surface area contributed by atoms with Crippen LogP contribution < -0.4 is 5.73 Å². The summed E-state index contributed by atoms with van der Waals surface area (Å²) in [6, 6.07) is 0.491. The molecule has 0 saturated heterocycles. The Hall–Kier alpha value is -0.650. The zero-order valence-corrected chi connectivity index (χ0v) is 11.7. The second-order valence-corrected chi connectivity index (χ2v) is 5.58. The lowest BCUT2D eigenvalue weighted by molar-refractivity contribution is -0.143. The first kappa shape index (κ1) is 15.4. The fourth-order valence-corrected chi connectivity index (χ4v) is 2.09. The number of carbonyl (C=O) groups is 1. The van der Waals surface area contributed by atoms with E-state index >= 15 is 0 Å². The SMILES string of the molecule is COCCN(CCC(C)(N)C(=O)O)C(C)C1CC1. The summed E-state index contributed by atoms with van der Waals surface area (Å²) in [6.45, 7) is 6.00. The molecule has 5 nitrogen and oxygen atoms in total. The van der Waals surface area contributed by atoms with Crippen LogP contribution in [0.1, 0.15) is 33.1 Å². The summed E-state index contributed by atoms with van der Waals surface area (Å²) in [6.07, 6.45) is 3.02. The molecule has 1 saturated carbocycles. The van der Waals surface area contributed by atoms with Gasteiger partial charge in [-0.1, -0.05) is 0 Å². The van der Waals surface area contributed by atoms with Crippen molar-refractivity contribution in [3.8, 4) is 0 Å². The predicted octanol–water partition coefficient (Wildman–Crippen LogP) is 0.925. The van der Waals surface area contributed by atoms with Gasteiger partial charge in [-0.25, -0.2) is 0 Å². The molecule has 0 spiro atoms. The summed E-state index contributed by atoms with van der Waals surface area (Å²) in [5.41, 5.74) is 4.63. The minimum atomic E-state index is -1.14. The van der Waals surface area contributed by atoms with E-state index in [-0.39, 0.29) is 0 Å².